The van der Waals surface area contributed by atoms with E-state index in [1.165, 1.54) is 6.07 Å². The predicted octanol–water partition coefficient (Wildman–Crippen LogP) is 3.41. The Balaban J connectivity index is 2.03. The van der Waals surface area contributed by atoms with Gasteiger partial charge < -0.3 is 10.3 Å². The molecule has 0 amide bonds. The first kappa shape index (κ1) is 10.8. The Morgan fingerprint density at radius 3 is 2.72 bits per heavy atom. The minimum atomic E-state index is -0.205. The van der Waals surface area contributed by atoms with E-state index in [1.807, 2.05) is 36.5 Å². The highest BCUT2D eigenvalue weighted by Gasteiger charge is 2.04. The van der Waals surface area contributed by atoms with E-state index in [9.17, 15) is 4.39 Å². The fourth-order valence-corrected chi connectivity index (χ4v) is 2.22. The summed E-state index contributed by atoms with van der Waals surface area (Å²) in [6.45, 7) is 0.644. The number of nitrogen functional groups attached to an aromatic ring is 1. The lowest BCUT2D eigenvalue weighted by molar-refractivity contribution is 0.624. The number of aromatic nitrogens is 1. The molecule has 0 atom stereocenters. The first-order valence-electron chi connectivity index (χ1n) is 5.82. The SMILES string of the molecule is Nc1cccc2c1ccn2Cc1cccc(F)c1. The van der Waals surface area contributed by atoms with Gasteiger partial charge in [0.2, 0.25) is 0 Å². The first-order chi connectivity index (χ1) is 8.74. The van der Waals surface area contributed by atoms with Gasteiger partial charge in [-0.25, -0.2) is 4.39 Å². The van der Waals surface area contributed by atoms with Crippen LogP contribution in [0.25, 0.3) is 10.9 Å². The van der Waals surface area contributed by atoms with E-state index in [0.717, 1.165) is 22.2 Å². The largest absolute Gasteiger partial charge is 0.398 e. The topological polar surface area (TPSA) is 30.9 Å². The van der Waals surface area contributed by atoms with E-state index in [1.54, 1.807) is 12.1 Å². The van der Waals surface area contributed by atoms with Gasteiger partial charge >= 0.3 is 0 Å². The van der Waals surface area contributed by atoms with Crippen LogP contribution in [0.2, 0.25) is 0 Å². The summed E-state index contributed by atoms with van der Waals surface area (Å²) in [5.41, 5.74) is 8.69. The Morgan fingerprint density at radius 1 is 1.06 bits per heavy atom. The van der Waals surface area contributed by atoms with Gasteiger partial charge in [0, 0.05) is 23.8 Å². The number of hydrogen-bond acceptors (Lipinski definition) is 1. The highest BCUT2D eigenvalue weighted by atomic mass is 19.1. The van der Waals surface area contributed by atoms with Gasteiger partial charge in [0.05, 0.1) is 5.52 Å². The van der Waals surface area contributed by atoms with E-state index in [4.69, 9.17) is 5.73 Å². The van der Waals surface area contributed by atoms with Gasteiger partial charge in [-0.2, -0.15) is 0 Å². The molecule has 0 spiro atoms. The van der Waals surface area contributed by atoms with Crippen molar-refractivity contribution >= 4 is 16.6 Å². The summed E-state index contributed by atoms with van der Waals surface area (Å²) in [6, 6.07) is 14.5. The molecule has 0 aliphatic rings. The lowest BCUT2D eigenvalue weighted by Gasteiger charge is -2.06. The molecule has 0 aliphatic carbocycles. The van der Waals surface area contributed by atoms with Crippen LogP contribution in [0.3, 0.4) is 0 Å². The van der Waals surface area contributed by atoms with E-state index in [0.29, 0.717) is 6.54 Å². The Bertz CT molecular complexity index is 701. The van der Waals surface area contributed by atoms with Crippen LogP contribution in [-0.2, 0) is 6.54 Å². The molecule has 90 valence electrons. The Hall–Kier alpha value is -2.29. The van der Waals surface area contributed by atoms with Crippen LogP contribution in [0.15, 0.2) is 54.7 Å². The number of nitrogens with zero attached hydrogens (tertiary/aromatic N) is 1. The monoisotopic (exact) mass is 240 g/mol. The normalized spacial score (nSPS) is 10.9. The average Bonchev–Trinajstić information content (AvgIpc) is 2.74. The number of benzene rings is 2. The summed E-state index contributed by atoms with van der Waals surface area (Å²) in [5.74, 6) is -0.205. The molecule has 2 aromatic carbocycles. The molecule has 0 unspecified atom stereocenters. The molecule has 1 aromatic heterocycles. The minimum absolute atomic E-state index is 0.205. The molecule has 3 rings (SSSR count). The fourth-order valence-electron chi connectivity index (χ4n) is 2.22. The van der Waals surface area contributed by atoms with Gasteiger partial charge in [-0.05, 0) is 35.9 Å². The average molecular weight is 240 g/mol. The molecular weight excluding hydrogens is 227 g/mol. The number of fused-ring (bicyclic) bond motifs is 1. The van der Waals surface area contributed by atoms with Gasteiger partial charge in [0.15, 0.2) is 0 Å². The van der Waals surface area contributed by atoms with Crippen molar-refractivity contribution < 1.29 is 4.39 Å². The summed E-state index contributed by atoms with van der Waals surface area (Å²) in [4.78, 5) is 0. The van der Waals surface area contributed by atoms with Crippen LogP contribution in [0.5, 0.6) is 0 Å². The number of halogens is 1. The van der Waals surface area contributed by atoms with Crippen molar-refractivity contribution in [3.8, 4) is 0 Å². The number of hydrogen-bond donors (Lipinski definition) is 1. The molecule has 0 fully saturated rings. The maximum atomic E-state index is 13.1. The smallest absolute Gasteiger partial charge is 0.123 e. The maximum absolute atomic E-state index is 13.1. The van der Waals surface area contributed by atoms with Crippen LogP contribution in [0.4, 0.5) is 10.1 Å². The van der Waals surface area contributed by atoms with Gasteiger partial charge in [-0.15, -0.1) is 0 Å². The second-order valence-electron chi connectivity index (χ2n) is 4.35. The molecule has 0 saturated carbocycles. The molecule has 2 nitrogen and oxygen atoms in total. The molecule has 1 heterocycles. The minimum Gasteiger partial charge on any atom is -0.398 e. The van der Waals surface area contributed by atoms with Crippen molar-refractivity contribution in [2.75, 3.05) is 5.73 Å². The highest BCUT2D eigenvalue weighted by Crippen LogP contribution is 2.22. The van der Waals surface area contributed by atoms with E-state index < -0.39 is 0 Å². The molecule has 0 saturated heterocycles. The van der Waals surface area contributed by atoms with Crippen molar-refractivity contribution in [1.29, 1.82) is 0 Å². The van der Waals surface area contributed by atoms with Crippen molar-refractivity contribution in [2.24, 2.45) is 0 Å². The lowest BCUT2D eigenvalue weighted by Crippen LogP contribution is -1.98. The summed E-state index contributed by atoms with van der Waals surface area (Å²) in [7, 11) is 0. The summed E-state index contributed by atoms with van der Waals surface area (Å²) in [5, 5.41) is 1.04. The molecule has 0 bridgehead atoms. The van der Waals surface area contributed by atoms with Crippen LogP contribution in [0.1, 0.15) is 5.56 Å². The highest BCUT2D eigenvalue weighted by molar-refractivity contribution is 5.91. The van der Waals surface area contributed by atoms with Crippen LogP contribution >= 0.6 is 0 Å². The lowest BCUT2D eigenvalue weighted by atomic mass is 10.2. The van der Waals surface area contributed by atoms with Gasteiger partial charge in [-0.3, -0.25) is 0 Å². The van der Waals surface area contributed by atoms with E-state index in [-0.39, 0.29) is 5.82 Å². The Labute approximate surface area is 104 Å². The molecule has 0 radical (unpaired) electrons. The summed E-state index contributed by atoms with van der Waals surface area (Å²) in [6.07, 6.45) is 1.98. The van der Waals surface area contributed by atoms with E-state index >= 15 is 0 Å². The third-order valence-corrected chi connectivity index (χ3v) is 3.09. The second kappa shape index (κ2) is 4.18. The zero-order chi connectivity index (χ0) is 12.5. The maximum Gasteiger partial charge on any atom is 0.123 e. The standard InChI is InChI=1S/C15H13FN2/c16-12-4-1-3-11(9-12)10-18-8-7-13-14(17)5-2-6-15(13)18/h1-9H,10,17H2. The first-order valence-corrected chi connectivity index (χ1v) is 5.82. The number of anilines is 1. The van der Waals surface area contributed by atoms with Crippen LogP contribution in [-0.4, -0.2) is 4.57 Å². The zero-order valence-corrected chi connectivity index (χ0v) is 9.81. The molecule has 3 aromatic rings. The van der Waals surface area contributed by atoms with Gasteiger partial charge in [0.25, 0.3) is 0 Å². The summed E-state index contributed by atoms with van der Waals surface area (Å²) < 4.78 is 15.2. The second-order valence-corrected chi connectivity index (χ2v) is 4.35. The number of rotatable bonds is 2. The fraction of sp³-hybridized carbons (Fsp3) is 0.0667. The van der Waals surface area contributed by atoms with Gasteiger partial charge in [-0.1, -0.05) is 18.2 Å². The van der Waals surface area contributed by atoms with Crippen LogP contribution in [0, 0.1) is 5.82 Å². The quantitative estimate of drug-likeness (QED) is 0.684. The van der Waals surface area contributed by atoms with E-state index in [2.05, 4.69) is 4.57 Å². The van der Waals surface area contributed by atoms with Crippen molar-refractivity contribution in [2.45, 2.75) is 6.54 Å². The van der Waals surface area contributed by atoms with Crippen LogP contribution < -0.4 is 5.73 Å². The number of nitrogens with two attached hydrogens (primary N) is 1. The molecule has 0 aliphatic heterocycles. The third-order valence-electron chi connectivity index (χ3n) is 3.09. The Morgan fingerprint density at radius 2 is 1.89 bits per heavy atom. The predicted molar refractivity (Wildman–Crippen MR) is 71.9 cm³/mol. The molecular formula is C15H13FN2. The third kappa shape index (κ3) is 1.84. The van der Waals surface area contributed by atoms with Crippen molar-refractivity contribution in [3.05, 3.63) is 66.1 Å². The zero-order valence-electron chi connectivity index (χ0n) is 9.81. The molecule has 3 heteroatoms. The Kier molecular flexibility index (Phi) is 2.52. The van der Waals surface area contributed by atoms with Crippen molar-refractivity contribution in [1.82, 2.24) is 4.57 Å². The summed E-state index contributed by atoms with van der Waals surface area (Å²) >= 11 is 0. The molecule has 2 N–H and O–H groups in total. The van der Waals surface area contributed by atoms with Crippen molar-refractivity contribution in [3.63, 3.8) is 0 Å². The molecule has 18 heavy (non-hydrogen) atoms. The van der Waals surface area contributed by atoms with Gasteiger partial charge in [0.1, 0.15) is 5.82 Å².